The Balaban J connectivity index is 1.59. The Bertz CT molecular complexity index is 1400. The van der Waals surface area contributed by atoms with Crippen molar-refractivity contribution >= 4 is 17.2 Å². The molecule has 0 radical (unpaired) electrons. The summed E-state index contributed by atoms with van der Waals surface area (Å²) in [4.78, 5) is 30.0. The lowest BCUT2D eigenvalue weighted by Crippen LogP contribution is -2.28. The smallest absolute Gasteiger partial charge is 0.324 e. The van der Waals surface area contributed by atoms with E-state index in [1.54, 1.807) is 13.0 Å². The molecular weight excluding hydrogens is 459 g/mol. The number of hydrogen-bond donors (Lipinski definition) is 1. The minimum atomic E-state index is -4.47. The molecular formula is C25H24F3N5O2. The number of rotatable bonds is 7. The van der Waals surface area contributed by atoms with E-state index in [0.29, 0.717) is 16.9 Å². The fourth-order valence-corrected chi connectivity index (χ4v) is 3.73. The number of aryl methyl sites for hydroxylation is 2. The first-order chi connectivity index (χ1) is 16.7. The Hall–Kier alpha value is -3.95. The van der Waals surface area contributed by atoms with Gasteiger partial charge < -0.3 is 5.32 Å². The van der Waals surface area contributed by atoms with Crippen LogP contribution in [0, 0.1) is 6.92 Å². The van der Waals surface area contributed by atoms with Gasteiger partial charge in [-0.15, -0.1) is 5.10 Å². The SMILES string of the molecule is CCCCc1ccc(NC(=O)Cn2nc3cc(C)nc(-c4ccc(C(F)(F)F)cc4)n3c2=O)cc1. The van der Waals surface area contributed by atoms with Crippen LogP contribution in [0.2, 0.25) is 0 Å². The van der Waals surface area contributed by atoms with E-state index >= 15 is 0 Å². The molecule has 0 unspecified atom stereocenters. The molecule has 0 aliphatic heterocycles. The normalized spacial score (nSPS) is 11.7. The topological polar surface area (TPSA) is 81.3 Å². The molecule has 1 amide bonds. The maximum atomic E-state index is 13.1. The molecule has 2 aromatic heterocycles. The molecule has 0 spiro atoms. The van der Waals surface area contributed by atoms with Crippen molar-refractivity contribution < 1.29 is 18.0 Å². The quantitative estimate of drug-likeness (QED) is 0.407. The molecule has 4 aromatic rings. The summed E-state index contributed by atoms with van der Waals surface area (Å²) < 4.78 is 41.0. The minimum Gasteiger partial charge on any atom is -0.324 e. The molecule has 4 rings (SSSR count). The molecule has 0 aliphatic carbocycles. The predicted octanol–water partition coefficient (Wildman–Crippen LogP) is 4.87. The molecule has 0 aliphatic rings. The number of anilines is 1. The van der Waals surface area contributed by atoms with Crippen LogP contribution in [-0.2, 0) is 23.9 Å². The van der Waals surface area contributed by atoms with Gasteiger partial charge in [-0.25, -0.2) is 18.9 Å². The molecule has 1 N–H and O–H groups in total. The van der Waals surface area contributed by atoms with Crippen LogP contribution >= 0.6 is 0 Å². The summed E-state index contributed by atoms with van der Waals surface area (Å²) in [5.74, 6) is -0.286. The number of alkyl halides is 3. The largest absolute Gasteiger partial charge is 0.416 e. The lowest BCUT2D eigenvalue weighted by atomic mass is 10.1. The summed E-state index contributed by atoms with van der Waals surface area (Å²) in [7, 11) is 0. The fourth-order valence-electron chi connectivity index (χ4n) is 3.73. The molecule has 0 atom stereocenters. The number of nitrogens with one attached hydrogen (secondary N) is 1. The second-order valence-electron chi connectivity index (χ2n) is 8.28. The Labute approximate surface area is 199 Å². The average Bonchev–Trinajstić information content (AvgIpc) is 3.12. The average molecular weight is 483 g/mol. The summed E-state index contributed by atoms with van der Waals surface area (Å²) in [5, 5.41) is 6.99. The third kappa shape index (κ3) is 5.42. The second-order valence-corrected chi connectivity index (χ2v) is 8.28. The zero-order valence-electron chi connectivity index (χ0n) is 19.3. The maximum Gasteiger partial charge on any atom is 0.416 e. The van der Waals surface area contributed by atoms with Crippen molar-refractivity contribution in [1.82, 2.24) is 19.2 Å². The van der Waals surface area contributed by atoms with E-state index in [2.05, 4.69) is 22.3 Å². The van der Waals surface area contributed by atoms with Crippen LogP contribution in [0.5, 0.6) is 0 Å². The van der Waals surface area contributed by atoms with Crippen LogP contribution in [0.1, 0.15) is 36.6 Å². The number of aromatic nitrogens is 4. The van der Waals surface area contributed by atoms with E-state index in [1.165, 1.54) is 22.1 Å². The highest BCUT2D eigenvalue weighted by Gasteiger charge is 2.30. The van der Waals surface area contributed by atoms with Gasteiger partial charge in [0.05, 0.1) is 5.56 Å². The molecule has 35 heavy (non-hydrogen) atoms. The van der Waals surface area contributed by atoms with Gasteiger partial charge in [-0.05, 0) is 49.6 Å². The molecule has 0 fully saturated rings. The van der Waals surface area contributed by atoms with Crippen LogP contribution in [0.3, 0.4) is 0 Å². The number of amides is 1. The number of fused-ring (bicyclic) bond motifs is 1. The lowest BCUT2D eigenvalue weighted by Gasteiger charge is -2.08. The van der Waals surface area contributed by atoms with Crippen molar-refractivity contribution in [3.8, 4) is 11.4 Å². The fraction of sp³-hybridized carbons (Fsp3) is 0.280. The zero-order chi connectivity index (χ0) is 25.2. The highest BCUT2D eigenvalue weighted by atomic mass is 19.4. The second kappa shape index (κ2) is 9.73. The van der Waals surface area contributed by atoms with Crippen LogP contribution in [-0.4, -0.2) is 25.1 Å². The van der Waals surface area contributed by atoms with E-state index in [1.807, 2.05) is 24.3 Å². The number of benzene rings is 2. The van der Waals surface area contributed by atoms with Crippen molar-refractivity contribution in [3.05, 3.63) is 81.9 Å². The standard InChI is InChI=1S/C25H24F3N5O2/c1-3-4-5-17-6-12-20(13-7-17)30-22(34)15-32-24(35)33-21(31-32)14-16(2)29-23(33)18-8-10-19(11-9-18)25(26,27)28/h6-14H,3-5,15H2,1-2H3,(H,30,34). The molecule has 0 saturated heterocycles. The number of carbonyl (C=O) groups excluding carboxylic acids is 1. The van der Waals surface area contributed by atoms with E-state index in [4.69, 9.17) is 0 Å². The molecule has 0 saturated carbocycles. The number of unbranched alkanes of at least 4 members (excludes halogenated alkanes) is 1. The molecule has 2 aromatic carbocycles. The highest BCUT2D eigenvalue weighted by Crippen LogP contribution is 2.30. The van der Waals surface area contributed by atoms with Gasteiger partial charge in [0, 0.05) is 23.0 Å². The molecule has 7 nitrogen and oxygen atoms in total. The first kappa shape index (κ1) is 24.2. The molecule has 2 heterocycles. The van der Waals surface area contributed by atoms with Crippen molar-refractivity contribution in [3.63, 3.8) is 0 Å². The maximum absolute atomic E-state index is 13.1. The van der Waals surface area contributed by atoms with Crippen LogP contribution in [0.15, 0.2) is 59.4 Å². The van der Waals surface area contributed by atoms with Crippen LogP contribution in [0.25, 0.3) is 17.0 Å². The van der Waals surface area contributed by atoms with Gasteiger partial charge in [0.25, 0.3) is 0 Å². The molecule has 0 bridgehead atoms. The van der Waals surface area contributed by atoms with Gasteiger partial charge >= 0.3 is 11.9 Å². The summed E-state index contributed by atoms with van der Waals surface area (Å²) in [6, 6.07) is 13.5. The Morgan fingerprint density at radius 1 is 1.06 bits per heavy atom. The highest BCUT2D eigenvalue weighted by molar-refractivity contribution is 5.90. The Morgan fingerprint density at radius 2 is 1.74 bits per heavy atom. The van der Waals surface area contributed by atoms with Crippen molar-refractivity contribution in [1.29, 1.82) is 0 Å². The number of halogens is 3. The summed E-state index contributed by atoms with van der Waals surface area (Å²) in [5.41, 5.74) is 1.45. The van der Waals surface area contributed by atoms with Gasteiger partial charge in [-0.3, -0.25) is 4.79 Å². The van der Waals surface area contributed by atoms with Gasteiger partial charge in [0.1, 0.15) is 12.4 Å². The summed E-state index contributed by atoms with van der Waals surface area (Å²) in [6.45, 7) is 3.48. The number of nitrogens with zero attached hydrogens (tertiary/aromatic N) is 4. The van der Waals surface area contributed by atoms with Crippen LogP contribution < -0.4 is 11.0 Å². The summed E-state index contributed by atoms with van der Waals surface area (Å²) >= 11 is 0. The molecule has 182 valence electrons. The Morgan fingerprint density at radius 3 is 2.37 bits per heavy atom. The van der Waals surface area contributed by atoms with Crippen molar-refractivity contribution in [2.24, 2.45) is 0 Å². The first-order valence-electron chi connectivity index (χ1n) is 11.2. The Kier molecular flexibility index (Phi) is 6.72. The zero-order valence-corrected chi connectivity index (χ0v) is 19.3. The van der Waals surface area contributed by atoms with Gasteiger partial charge in [-0.1, -0.05) is 37.6 Å². The van der Waals surface area contributed by atoms with E-state index in [0.717, 1.165) is 36.1 Å². The minimum absolute atomic E-state index is 0.146. The third-order valence-corrected chi connectivity index (χ3v) is 5.52. The van der Waals surface area contributed by atoms with E-state index in [-0.39, 0.29) is 18.0 Å². The van der Waals surface area contributed by atoms with Crippen molar-refractivity contribution in [2.45, 2.75) is 45.8 Å². The van der Waals surface area contributed by atoms with Gasteiger partial charge in [0.15, 0.2) is 5.65 Å². The predicted molar refractivity (Wildman–Crippen MR) is 126 cm³/mol. The molecule has 10 heteroatoms. The lowest BCUT2D eigenvalue weighted by molar-refractivity contribution is -0.137. The van der Waals surface area contributed by atoms with Gasteiger partial charge in [0.2, 0.25) is 5.91 Å². The summed E-state index contributed by atoms with van der Waals surface area (Å²) in [6.07, 6.45) is -1.32. The number of hydrogen-bond acceptors (Lipinski definition) is 4. The van der Waals surface area contributed by atoms with E-state index in [9.17, 15) is 22.8 Å². The van der Waals surface area contributed by atoms with E-state index < -0.39 is 23.3 Å². The van der Waals surface area contributed by atoms with Gasteiger partial charge in [-0.2, -0.15) is 13.2 Å². The number of carbonyl (C=O) groups is 1. The third-order valence-electron chi connectivity index (χ3n) is 5.52. The van der Waals surface area contributed by atoms with Crippen molar-refractivity contribution in [2.75, 3.05) is 5.32 Å². The first-order valence-corrected chi connectivity index (χ1v) is 11.2. The van der Waals surface area contributed by atoms with Crippen LogP contribution in [0.4, 0.5) is 18.9 Å². The monoisotopic (exact) mass is 483 g/mol.